The summed E-state index contributed by atoms with van der Waals surface area (Å²) < 4.78 is 0. The van der Waals surface area contributed by atoms with Gasteiger partial charge in [-0.25, -0.2) is 0 Å². The lowest BCUT2D eigenvalue weighted by molar-refractivity contribution is 0.178. The molecule has 1 unspecified atom stereocenters. The van der Waals surface area contributed by atoms with Crippen LogP contribution in [-0.4, -0.2) is 10.1 Å². The van der Waals surface area contributed by atoms with Gasteiger partial charge in [0.25, 0.3) is 0 Å². The molecule has 1 heterocycles. The molecule has 19 heavy (non-hydrogen) atoms. The molecular weight excluding hydrogens is 234 g/mol. The van der Waals surface area contributed by atoms with E-state index >= 15 is 0 Å². The van der Waals surface area contributed by atoms with Crippen molar-refractivity contribution >= 4 is 0 Å². The Morgan fingerprint density at radius 3 is 2.11 bits per heavy atom. The van der Waals surface area contributed by atoms with Gasteiger partial charge in [0, 0.05) is 18.8 Å². The van der Waals surface area contributed by atoms with Gasteiger partial charge in [-0.2, -0.15) is 0 Å². The third-order valence-electron chi connectivity index (χ3n) is 3.34. The smallest absolute Gasteiger partial charge is 0.0830 e. The number of aliphatic hydroxyl groups is 1. The number of nitrogens with zero attached hydrogens (tertiary/aromatic N) is 1. The summed E-state index contributed by atoms with van der Waals surface area (Å²) >= 11 is 0. The van der Waals surface area contributed by atoms with E-state index in [9.17, 15) is 5.11 Å². The van der Waals surface area contributed by atoms with Gasteiger partial charge in [0.05, 0.1) is 6.10 Å². The molecule has 2 rings (SSSR count). The highest BCUT2D eigenvalue weighted by molar-refractivity contribution is 5.29. The number of aromatic nitrogens is 1. The Morgan fingerprint density at radius 1 is 1.00 bits per heavy atom. The first-order chi connectivity index (χ1) is 8.97. The average Bonchev–Trinajstić information content (AvgIpc) is 2.39. The SMILES string of the molecule is CC(C)(C)c1ccc(C(O)Cc2ccncc2)cc1. The van der Waals surface area contributed by atoms with Gasteiger partial charge >= 0.3 is 0 Å². The van der Waals surface area contributed by atoms with E-state index in [1.54, 1.807) is 12.4 Å². The monoisotopic (exact) mass is 255 g/mol. The standard InChI is InChI=1S/C17H21NO/c1-17(2,3)15-6-4-14(5-7-15)16(19)12-13-8-10-18-11-9-13/h4-11,16,19H,12H2,1-3H3. The van der Waals surface area contributed by atoms with E-state index in [1.165, 1.54) is 5.56 Å². The molecule has 0 saturated carbocycles. The molecule has 2 nitrogen and oxygen atoms in total. The van der Waals surface area contributed by atoms with Gasteiger partial charge in [-0.15, -0.1) is 0 Å². The normalized spacial score (nSPS) is 13.3. The molecule has 0 aliphatic rings. The van der Waals surface area contributed by atoms with Crippen LogP contribution in [0.15, 0.2) is 48.8 Å². The van der Waals surface area contributed by atoms with Crippen LogP contribution in [0.1, 0.15) is 43.6 Å². The fourth-order valence-corrected chi connectivity index (χ4v) is 2.07. The molecule has 2 heteroatoms. The van der Waals surface area contributed by atoms with E-state index in [0.29, 0.717) is 6.42 Å². The Kier molecular flexibility index (Phi) is 4.01. The molecule has 0 spiro atoms. The number of benzene rings is 1. The van der Waals surface area contributed by atoms with E-state index in [2.05, 4.69) is 37.9 Å². The Bertz CT molecular complexity index is 511. The number of pyridine rings is 1. The second-order valence-corrected chi connectivity index (χ2v) is 5.95. The zero-order chi connectivity index (χ0) is 13.9. The highest BCUT2D eigenvalue weighted by Crippen LogP contribution is 2.25. The largest absolute Gasteiger partial charge is 0.388 e. The Morgan fingerprint density at radius 2 is 1.58 bits per heavy atom. The predicted molar refractivity (Wildman–Crippen MR) is 78.0 cm³/mol. The van der Waals surface area contributed by atoms with Crippen molar-refractivity contribution in [2.45, 2.75) is 38.7 Å². The van der Waals surface area contributed by atoms with Crippen LogP contribution in [0.3, 0.4) is 0 Å². The number of aliphatic hydroxyl groups excluding tert-OH is 1. The molecule has 100 valence electrons. The van der Waals surface area contributed by atoms with Crippen LogP contribution in [-0.2, 0) is 11.8 Å². The van der Waals surface area contributed by atoms with E-state index in [1.807, 2.05) is 24.3 Å². The molecule has 0 radical (unpaired) electrons. The average molecular weight is 255 g/mol. The summed E-state index contributed by atoms with van der Waals surface area (Å²) in [6.45, 7) is 6.57. The number of rotatable bonds is 3. The maximum absolute atomic E-state index is 10.2. The van der Waals surface area contributed by atoms with Gasteiger partial charge in [0.15, 0.2) is 0 Å². The van der Waals surface area contributed by atoms with Crippen LogP contribution in [0.4, 0.5) is 0 Å². The first-order valence-corrected chi connectivity index (χ1v) is 6.64. The van der Waals surface area contributed by atoms with Gasteiger partial charge in [0.2, 0.25) is 0 Å². The summed E-state index contributed by atoms with van der Waals surface area (Å²) in [5.74, 6) is 0. The molecule has 0 fully saturated rings. The minimum atomic E-state index is -0.462. The van der Waals surface area contributed by atoms with Crippen LogP contribution in [0.5, 0.6) is 0 Å². The van der Waals surface area contributed by atoms with E-state index in [4.69, 9.17) is 0 Å². The highest BCUT2D eigenvalue weighted by atomic mass is 16.3. The van der Waals surface area contributed by atoms with E-state index in [-0.39, 0.29) is 5.41 Å². The molecule has 1 N–H and O–H groups in total. The molecular formula is C17H21NO. The summed E-state index contributed by atoms with van der Waals surface area (Å²) in [7, 11) is 0. The highest BCUT2D eigenvalue weighted by Gasteiger charge is 2.14. The third-order valence-corrected chi connectivity index (χ3v) is 3.34. The van der Waals surface area contributed by atoms with Crippen molar-refractivity contribution in [3.8, 4) is 0 Å². The van der Waals surface area contributed by atoms with Crippen LogP contribution in [0.25, 0.3) is 0 Å². The van der Waals surface area contributed by atoms with Crippen molar-refractivity contribution in [1.82, 2.24) is 4.98 Å². The number of hydrogen-bond acceptors (Lipinski definition) is 2. The summed E-state index contributed by atoms with van der Waals surface area (Å²) in [5, 5.41) is 10.2. The Labute approximate surface area is 115 Å². The fourth-order valence-electron chi connectivity index (χ4n) is 2.07. The second kappa shape index (κ2) is 5.54. The molecule has 0 saturated heterocycles. The van der Waals surface area contributed by atoms with Crippen molar-refractivity contribution < 1.29 is 5.11 Å². The lowest BCUT2D eigenvalue weighted by Crippen LogP contribution is -2.11. The van der Waals surface area contributed by atoms with E-state index in [0.717, 1.165) is 11.1 Å². The molecule has 1 aromatic carbocycles. The fraction of sp³-hybridized carbons (Fsp3) is 0.353. The summed E-state index contributed by atoms with van der Waals surface area (Å²) in [6, 6.07) is 12.1. The summed E-state index contributed by atoms with van der Waals surface area (Å²) in [6.07, 6.45) is 3.67. The quantitative estimate of drug-likeness (QED) is 0.908. The van der Waals surface area contributed by atoms with Crippen molar-refractivity contribution in [2.24, 2.45) is 0 Å². The molecule has 1 atom stereocenters. The van der Waals surface area contributed by atoms with Crippen LogP contribution < -0.4 is 0 Å². The molecule has 0 amide bonds. The van der Waals surface area contributed by atoms with Crippen molar-refractivity contribution in [2.75, 3.05) is 0 Å². The minimum Gasteiger partial charge on any atom is -0.388 e. The van der Waals surface area contributed by atoms with Crippen molar-refractivity contribution in [1.29, 1.82) is 0 Å². The van der Waals surface area contributed by atoms with Gasteiger partial charge in [-0.1, -0.05) is 45.0 Å². The lowest BCUT2D eigenvalue weighted by Gasteiger charge is -2.20. The zero-order valence-electron chi connectivity index (χ0n) is 11.8. The van der Waals surface area contributed by atoms with Crippen molar-refractivity contribution in [3.05, 3.63) is 65.5 Å². The molecule has 0 aliphatic heterocycles. The van der Waals surface area contributed by atoms with Crippen LogP contribution in [0.2, 0.25) is 0 Å². The molecule has 2 aromatic rings. The first kappa shape index (κ1) is 13.8. The third kappa shape index (κ3) is 3.65. The maximum Gasteiger partial charge on any atom is 0.0830 e. The second-order valence-electron chi connectivity index (χ2n) is 5.95. The van der Waals surface area contributed by atoms with Gasteiger partial charge < -0.3 is 5.11 Å². The van der Waals surface area contributed by atoms with Crippen LogP contribution >= 0.6 is 0 Å². The first-order valence-electron chi connectivity index (χ1n) is 6.64. The van der Waals surface area contributed by atoms with Gasteiger partial charge in [-0.05, 0) is 34.2 Å². The summed E-state index contributed by atoms with van der Waals surface area (Å²) in [5.41, 5.74) is 3.49. The van der Waals surface area contributed by atoms with Crippen molar-refractivity contribution in [3.63, 3.8) is 0 Å². The molecule has 0 bridgehead atoms. The lowest BCUT2D eigenvalue weighted by atomic mass is 9.86. The van der Waals surface area contributed by atoms with Gasteiger partial charge in [0.1, 0.15) is 0 Å². The number of hydrogen-bond donors (Lipinski definition) is 1. The topological polar surface area (TPSA) is 33.1 Å². The molecule has 1 aromatic heterocycles. The molecule has 0 aliphatic carbocycles. The van der Waals surface area contributed by atoms with Crippen LogP contribution in [0, 0.1) is 0 Å². The maximum atomic E-state index is 10.2. The minimum absolute atomic E-state index is 0.147. The van der Waals surface area contributed by atoms with E-state index < -0.39 is 6.10 Å². The van der Waals surface area contributed by atoms with Gasteiger partial charge in [-0.3, -0.25) is 4.98 Å². The Balaban J connectivity index is 2.10. The zero-order valence-corrected chi connectivity index (χ0v) is 11.8. The predicted octanol–water partition coefficient (Wildman–Crippen LogP) is 3.66. The summed E-state index contributed by atoms with van der Waals surface area (Å²) in [4.78, 5) is 3.98. The Hall–Kier alpha value is -1.67.